The molecule has 3 N–H and O–H groups in total. The maximum Gasteiger partial charge on any atom is 0.162 e. The first-order valence-electron chi connectivity index (χ1n) is 5.66. The Balaban J connectivity index is 1.90. The molecule has 0 bridgehead atoms. The minimum atomic E-state index is 0.390. The fraction of sp³-hybridized carbons (Fsp3) is 0.333. The van der Waals surface area contributed by atoms with Crippen molar-refractivity contribution in [1.82, 2.24) is 15.2 Å². The van der Waals surface area contributed by atoms with Crippen molar-refractivity contribution in [2.45, 2.75) is 26.4 Å². The third-order valence-corrected chi connectivity index (χ3v) is 2.31. The van der Waals surface area contributed by atoms with E-state index >= 15 is 0 Å². The number of hydrogen-bond donors (Lipinski definition) is 2. The Morgan fingerprint density at radius 1 is 1.29 bits per heavy atom. The van der Waals surface area contributed by atoms with Crippen LogP contribution in [0, 0.1) is 0 Å². The highest BCUT2D eigenvalue weighted by atomic mass is 16.5. The van der Waals surface area contributed by atoms with Crippen LogP contribution in [0.2, 0.25) is 0 Å². The average molecular weight is 232 g/mol. The van der Waals surface area contributed by atoms with Gasteiger partial charge >= 0.3 is 0 Å². The first-order valence-corrected chi connectivity index (χ1v) is 5.66. The van der Waals surface area contributed by atoms with Gasteiger partial charge in [0, 0.05) is 12.1 Å². The maximum absolute atomic E-state index is 5.59. The maximum atomic E-state index is 5.59. The molecule has 0 radical (unpaired) electrons. The molecule has 2 aromatic rings. The fourth-order valence-electron chi connectivity index (χ4n) is 1.45. The van der Waals surface area contributed by atoms with E-state index < -0.39 is 0 Å². The van der Waals surface area contributed by atoms with Crippen LogP contribution in [0.15, 0.2) is 24.3 Å². The van der Waals surface area contributed by atoms with Crippen LogP contribution in [0.3, 0.4) is 0 Å². The minimum Gasteiger partial charge on any atom is -0.486 e. The van der Waals surface area contributed by atoms with Crippen LogP contribution in [0.25, 0.3) is 0 Å². The molecule has 1 heterocycles. The number of aromatic amines is 1. The number of aromatic nitrogens is 3. The van der Waals surface area contributed by atoms with Crippen molar-refractivity contribution in [3.8, 4) is 5.75 Å². The highest BCUT2D eigenvalue weighted by molar-refractivity contribution is 5.41. The summed E-state index contributed by atoms with van der Waals surface area (Å²) in [5.41, 5.74) is 6.31. The monoisotopic (exact) mass is 232 g/mol. The normalized spacial score (nSPS) is 10.4. The average Bonchev–Trinajstić information content (AvgIpc) is 2.77. The third kappa shape index (κ3) is 3.21. The number of benzene rings is 1. The summed E-state index contributed by atoms with van der Waals surface area (Å²) in [6.07, 6.45) is 1.93. The molecule has 0 atom stereocenters. The summed E-state index contributed by atoms with van der Waals surface area (Å²) in [6, 6.07) is 7.27. The molecule has 0 saturated carbocycles. The van der Waals surface area contributed by atoms with E-state index in [1.165, 1.54) is 0 Å². The van der Waals surface area contributed by atoms with Gasteiger partial charge in [-0.3, -0.25) is 5.10 Å². The Kier molecular flexibility index (Phi) is 3.59. The number of anilines is 1. The van der Waals surface area contributed by atoms with Gasteiger partial charge in [0.05, 0.1) is 0 Å². The Labute approximate surface area is 100 Å². The Bertz CT molecular complexity index is 464. The second-order valence-electron chi connectivity index (χ2n) is 3.81. The highest BCUT2D eigenvalue weighted by Crippen LogP contribution is 2.14. The SMILES string of the molecule is CCCc1n[nH]c(COc2ccc(N)cc2)n1. The van der Waals surface area contributed by atoms with Crippen LogP contribution in [0.5, 0.6) is 5.75 Å². The van der Waals surface area contributed by atoms with Gasteiger partial charge in [0.25, 0.3) is 0 Å². The van der Waals surface area contributed by atoms with Crippen LogP contribution in [0.1, 0.15) is 25.0 Å². The Hall–Kier alpha value is -2.04. The topological polar surface area (TPSA) is 76.8 Å². The van der Waals surface area contributed by atoms with Crippen LogP contribution >= 0.6 is 0 Å². The number of nitrogens with two attached hydrogens (primary N) is 1. The predicted octanol–water partition coefficient (Wildman–Crippen LogP) is 1.92. The van der Waals surface area contributed by atoms with E-state index in [1.807, 2.05) is 12.1 Å². The summed E-state index contributed by atoms with van der Waals surface area (Å²) >= 11 is 0. The molecule has 0 fully saturated rings. The minimum absolute atomic E-state index is 0.390. The molecule has 90 valence electrons. The number of H-pyrrole nitrogens is 1. The number of hydrogen-bond acceptors (Lipinski definition) is 4. The summed E-state index contributed by atoms with van der Waals surface area (Å²) in [5.74, 6) is 2.35. The van der Waals surface area contributed by atoms with Gasteiger partial charge in [0.15, 0.2) is 11.6 Å². The molecule has 0 aliphatic carbocycles. The number of rotatable bonds is 5. The quantitative estimate of drug-likeness (QED) is 0.772. The molecule has 1 aromatic carbocycles. The molecule has 0 spiro atoms. The predicted molar refractivity (Wildman–Crippen MR) is 65.6 cm³/mol. The van der Waals surface area contributed by atoms with Crippen LogP contribution in [-0.2, 0) is 13.0 Å². The van der Waals surface area contributed by atoms with Gasteiger partial charge < -0.3 is 10.5 Å². The van der Waals surface area contributed by atoms with Gasteiger partial charge in [-0.15, -0.1) is 0 Å². The zero-order valence-electron chi connectivity index (χ0n) is 9.81. The summed E-state index contributed by atoms with van der Waals surface area (Å²) in [5, 5.41) is 6.96. The van der Waals surface area contributed by atoms with Gasteiger partial charge in [-0.05, 0) is 30.7 Å². The number of nitrogens with zero attached hydrogens (tertiary/aromatic N) is 2. The van der Waals surface area contributed by atoms with Crippen molar-refractivity contribution in [2.75, 3.05) is 5.73 Å². The number of nitrogens with one attached hydrogen (secondary N) is 1. The van der Waals surface area contributed by atoms with Crippen LogP contribution in [-0.4, -0.2) is 15.2 Å². The van der Waals surface area contributed by atoms with Gasteiger partial charge in [-0.1, -0.05) is 6.92 Å². The smallest absolute Gasteiger partial charge is 0.162 e. The van der Waals surface area contributed by atoms with Crippen molar-refractivity contribution >= 4 is 5.69 Å². The first kappa shape index (κ1) is 11.4. The van der Waals surface area contributed by atoms with Crippen molar-refractivity contribution in [3.05, 3.63) is 35.9 Å². The third-order valence-electron chi connectivity index (χ3n) is 2.31. The van der Waals surface area contributed by atoms with E-state index in [0.29, 0.717) is 6.61 Å². The van der Waals surface area contributed by atoms with E-state index in [0.717, 1.165) is 35.9 Å². The lowest BCUT2D eigenvalue weighted by Gasteiger charge is -2.03. The van der Waals surface area contributed by atoms with E-state index in [4.69, 9.17) is 10.5 Å². The standard InChI is InChI=1S/C12H16N4O/c1-2-3-11-14-12(16-15-11)8-17-10-6-4-9(13)5-7-10/h4-7H,2-3,8,13H2,1H3,(H,14,15,16). The Morgan fingerprint density at radius 3 is 2.76 bits per heavy atom. The summed E-state index contributed by atoms with van der Waals surface area (Å²) in [6.45, 7) is 2.49. The highest BCUT2D eigenvalue weighted by Gasteiger charge is 2.02. The van der Waals surface area contributed by atoms with Crippen molar-refractivity contribution in [3.63, 3.8) is 0 Å². The molecule has 5 nitrogen and oxygen atoms in total. The second-order valence-corrected chi connectivity index (χ2v) is 3.81. The van der Waals surface area contributed by atoms with Gasteiger partial charge in [0.2, 0.25) is 0 Å². The molecule has 0 unspecified atom stereocenters. The van der Waals surface area contributed by atoms with E-state index in [9.17, 15) is 0 Å². The zero-order valence-corrected chi connectivity index (χ0v) is 9.81. The van der Waals surface area contributed by atoms with Crippen LogP contribution in [0.4, 0.5) is 5.69 Å². The molecule has 17 heavy (non-hydrogen) atoms. The lowest BCUT2D eigenvalue weighted by Crippen LogP contribution is -1.98. The first-order chi connectivity index (χ1) is 8.28. The fourth-order valence-corrected chi connectivity index (χ4v) is 1.45. The van der Waals surface area contributed by atoms with Gasteiger partial charge in [0.1, 0.15) is 12.4 Å². The van der Waals surface area contributed by atoms with Crippen LogP contribution < -0.4 is 10.5 Å². The van der Waals surface area contributed by atoms with Gasteiger partial charge in [-0.2, -0.15) is 5.10 Å². The molecular weight excluding hydrogens is 216 g/mol. The molecule has 2 rings (SSSR count). The molecular formula is C12H16N4O. The van der Waals surface area contributed by atoms with E-state index in [-0.39, 0.29) is 0 Å². The van der Waals surface area contributed by atoms with E-state index in [2.05, 4.69) is 22.1 Å². The number of ether oxygens (including phenoxy) is 1. The number of aryl methyl sites for hydroxylation is 1. The summed E-state index contributed by atoms with van der Waals surface area (Å²) in [4.78, 5) is 4.32. The van der Waals surface area contributed by atoms with Crippen molar-refractivity contribution in [2.24, 2.45) is 0 Å². The second kappa shape index (κ2) is 5.34. The van der Waals surface area contributed by atoms with Gasteiger partial charge in [-0.25, -0.2) is 4.98 Å². The van der Waals surface area contributed by atoms with E-state index in [1.54, 1.807) is 12.1 Å². The zero-order chi connectivity index (χ0) is 12.1. The summed E-state index contributed by atoms with van der Waals surface area (Å²) < 4.78 is 5.55. The molecule has 1 aromatic heterocycles. The lowest BCUT2D eigenvalue weighted by molar-refractivity contribution is 0.296. The molecule has 0 aliphatic rings. The summed E-state index contributed by atoms with van der Waals surface area (Å²) in [7, 11) is 0. The number of nitrogen functional groups attached to an aromatic ring is 1. The molecule has 0 saturated heterocycles. The molecule has 5 heteroatoms. The van der Waals surface area contributed by atoms with Crippen molar-refractivity contribution < 1.29 is 4.74 Å². The molecule has 0 aliphatic heterocycles. The van der Waals surface area contributed by atoms with Crippen molar-refractivity contribution in [1.29, 1.82) is 0 Å². The Morgan fingerprint density at radius 2 is 2.06 bits per heavy atom. The largest absolute Gasteiger partial charge is 0.486 e. The lowest BCUT2D eigenvalue weighted by atomic mass is 10.3. The molecule has 0 amide bonds.